The fourth-order valence-electron chi connectivity index (χ4n) is 4.57. The highest BCUT2D eigenvalue weighted by molar-refractivity contribution is 5.13. The van der Waals surface area contributed by atoms with Gasteiger partial charge in [0.05, 0.1) is 5.60 Å². The molecule has 80 valence electrons. The lowest BCUT2D eigenvalue weighted by atomic mass is 9.50. The van der Waals surface area contributed by atoms with E-state index in [9.17, 15) is 5.11 Å². The average Bonchev–Trinajstić information content (AvgIpc) is 2.60. The smallest absolute Gasteiger partial charge is 0.0681 e. The van der Waals surface area contributed by atoms with E-state index >= 15 is 0 Å². The van der Waals surface area contributed by atoms with Crippen LogP contribution < -0.4 is 0 Å². The average molecular weight is 194 g/mol. The lowest BCUT2D eigenvalue weighted by molar-refractivity contribution is -0.175. The highest BCUT2D eigenvalue weighted by Crippen LogP contribution is 2.68. The first-order valence-corrected chi connectivity index (χ1v) is 6.26. The van der Waals surface area contributed by atoms with Gasteiger partial charge in [-0.1, -0.05) is 20.3 Å². The molecule has 3 fully saturated rings. The first-order valence-electron chi connectivity index (χ1n) is 6.26. The molecule has 0 heterocycles. The van der Waals surface area contributed by atoms with Crippen molar-refractivity contribution in [3.63, 3.8) is 0 Å². The molecule has 1 spiro atoms. The zero-order valence-electron chi connectivity index (χ0n) is 9.42. The van der Waals surface area contributed by atoms with Crippen molar-refractivity contribution in [2.45, 2.75) is 58.0 Å². The van der Waals surface area contributed by atoms with E-state index in [0.717, 1.165) is 24.7 Å². The van der Waals surface area contributed by atoms with Gasteiger partial charge in [0.25, 0.3) is 0 Å². The van der Waals surface area contributed by atoms with Crippen LogP contribution in [0.5, 0.6) is 0 Å². The van der Waals surface area contributed by atoms with Crippen LogP contribution in [0.2, 0.25) is 0 Å². The molecule has 3 saturated carbocycles. The van der Waals surface area contributed by atoms with E-state index in [1.54, 1.807) is 0 Å². The Kier molecular flexibility index (Phi) is 1.68. The van der Waals surface area contributed by atoms with E-state index in [2.05, 4.69) is 13.8 Å². The van der Waals surface area contributed by atoms with E-state index in [4.69, 9.17) is 0 Å². The van der Waals surface area contributed by atoms with Gasteiger partial charge in [-0.25, -0.2) is 0 Å². The minimum atomic E-state index is -0.301. The van der Waals surface area contributed by atoms with Crippen molar-refractivity contribution < 1.29 is 5.11 Å². The molecule has 0 saturated heterocycles. The monoisotopic (exact) mass is 194 g/mol. The van der Waals surface area contributed by atoms with Crippen LogP contribution in [0.15, 0.2) is 0 Å². The molecule has 3 rings (SSSR count). The van der Waals surface area contributed by atoms with Gasteiger partial charge in [0.1, 0.15) is 0 Å². The fourth-order valence-corrected chi connectivity index (χ4v) is 4.57. The van der Waals surface area contributed by atoms with Crippen molar-refractivity contribution in [1.29, 1.82) is 0 Å². The molecular weight excluding hydrogens is 172 g/mol. The number of hydrogen-bond acceptors (Lipinski definition) is 1. The van der Waals surface area contributed by atoms with Gasteiger partial charge in [0.15, 0.2) is 0 Å². The Balaban J connectivity index is 1.74. The summed E-state index contributed by atoms with van der Waals surface area (Å²) in [5.74, 6) is 2.45. The summed E-state index contributed by atoms with van der Waals surface area (Å²) >= 11 is 0. The highest BCUT2D eigenvalue weighted by atomic mass is 16.3. The molecule has 1 nitrogen and oxygen atoms in total. The maximum Gasteiger partial charge on any atom is 0.0681 e. The van der Waals surface area contributed by atoms with Crippen LogP contribution >= 0.6 is 0 Å². The second-order valence-electron chi connectivity index (χ2n) is 6.55. The van der Waals surface area contributed by atoms with Crippen LogP contribution in [0.3, 0.4) is 0 Å². The predicted molar refractivity (Wildman–Crippen MR) is 56.9 cm³/mol. The molecule has 2 atom stereocenters. The molecule has 0 amide bonds. The van der Waals surface area contributed by atoms with Crippen molar-refractivity contribution in [1.82, 2.24) is 0 Å². The summed E-state index contributed by atoms with van der Waals surface area (Å²) in [6, 6.07) is 0. The van der Waals surface area contributed by atoms with E-state index in [-0.39, 0.29) is 5.60 Å². The summed E-state index contributed by atoms with van der Waals surface area (Å²) < 4.78 is 0. The Labute approximate surface area is 86.9 Å². The molecular formula is C13H22O. The Bertz CT molecular complexity index is 250. The Morgan fingerprint density at radius 1 is 1.21 bits per heavy atom. The largest absolute Gasteiger partial charge is 0.390 e. The standard InChI is InChI=1S/C13H22O/c1-9(2)13(14)7-12(8-13)6-10-3-4-11(12)5-10/h9-11,14H,3-8H2,1-2H3. The second-order valence-corrected chi connectivity index (χ2v) is 6.55. The Hall–Kier alpha value is -0.0400. The molecule has 3 aliphatic carbocycles. The van der Waals surface area contributed by atoms with Gasteiger partial charge in [-0.05, 0) is 55.3 Å². The van der Waals surface area contributed by atoms with Gasteiger partial charge < -0.3 is 5.11 Å². The van der Waals surface area contributed by atoms with Crippen molar-refractivity contribution >= 4 is 0 Å². The zero-order valence-corrected chi connectivity index (χ0v) is 9.42. The van der Waals surface area contributed by atoms with Crippen LogP contribution in [0.4, 0.5) is 0 Å². The third kappa shape index (κ3) is 0.997. The highest BCUT2D eigenvalue weighted by Gasteiger charge is 2.63. The lowest BCUT2D eigenvalue weighted by Crippen LogP contribution is -2.57. The SMILES string of the molecule is CC(C)C1(O)CC2(CC3CCC2C3)C1. The third-order valence-corrected chi connectivity index (χ3v) is 5.49. The molecule has 0 aliphatic heterocycles. The van der Waals surface area contributed by atoms with Crippen LogP contribution in [0, 0.1) is 23.2 Å². The van der Waals surface area contributed by atoms with Gasteiger partial charge >= 0.3 is 0 Å². The molecule has 0 aromatic rings. The number of hydrogen-bond donors (Lipinski definition) is 1. The van der Waals surface area contributed by atoms with E-state index < -0.39 is 0 Å². The van der Waals surface area contributed by atoms with E-state index in [1.807, 2.05) is 0 Å². The summed E-state index contributed by atoms with van der Waals surface area (Å²) in [6.45, 7) is 4.33. The first kappa shape index (κ1) is 9.21. The first-order chi connectivity index (χ1) is 6.54. The summed E-state index contributed by atoms with van der Waals surface area (Å²) in [7, 11) is 0. The zero-order chi connectivity index (χ0) is 9.97. The van der Waals surface area contributed by atoms with E-state index in [0.29, 0.717) is 11.3 Å². The van der Waals surface area contributed by atoms with Crippen molar-refractivity contribution in [3.8, 4) is 0 Å². The van der Waals surface area contributed by atoms with E-state index in [1.165, 1.54) is 25.7 Å². The summed E-state index contributed by atoms with van der Waals surface area (Å²) in [5, 5.41) is 10.3. The van der Waals surface area contributed by atoms with Crippen molar-refractivity contribution in [2.24, 2.45) is 23.2 Å². The molecule has 14 heavy (non-hydrogen) atoms. The van der Waals surface area contributed by atoms with Crippen molar-refractivity contribution in [2.75, 3.05) is 0 Å². The van der Waals surface area contributed by atoms with Gasteiger partial charge in [0, 0.05) is 0 Å². The molecule has 0 aromatic heterocycles. The maximum atomic E-state index is 10.3. The van der Waals surface area contributed by atoms with Crippen LogP contribution in [0.1, 0.15) is 52.4 Å². The van der Waals surface area contributed by atoms with Gasteiger partial charge in [0.2, 0.25) is 0 Å². The molecule has 0 radical (unpaired) electrons. The van der Waals surface area contributed by atoms with Gasteiger partial charge in [-0.15, -0.1) is 0 Å². The minimum absolute atomic E-state index is 0.301. The topological polar surface area (TPSA) is 20.2 Å². The van der Waals surface area contributed by atoms with Crippen LogP contribution in [-0.2, 0) is 0 Å². The molecule has 3 aliphatic rings. The van der Waals surface area contributed by atoms with Gasteiger partial charge in [-0.2, -0.15) is 0 Å². The quantitative estimate of drug-likeness (QED) is 0.680. The minimum Gasteiger partial charge on any atom is -0.390 e. The van der Waals surface area contributed by atoms with Crippen LogP contribution in [-0.4, -0.2) is 10.7 Å². The number of aliphatic hydroxyl groups is 1. The summed E-state index contributed by atoms with van der Waals surface area (Å²) in [5.41, 5.74) is 0.298. The van der Waals surface area contributed by atoms with Crippen molar-refractivity contribution in [3.05, 3.63) is 0 Å². The molecule has 2 unspecified atom stereocenters. The molecule has 1 heteroatoms. The predicted octanol–water partition coefficient (Wildman–Crippen LogP) is 2.97. The fraction of sp³-hybridized carbons (Fsp3) is 1.00. The third-order valence-electron chi connectivity index (χ3n) is 5.49. The summed E-state index contributed by atoms with van der Waals surface area (Å²) in [4.78, 5) is 0. The maximum absolute atomic E-state index is 10.3. The lowest BCUT2D eigenvalue weighted by Gasteiger charge is -2.58. The van der Waals surface area contributed by atoms with Crippen LogP contribution in [0.25, 0.3) is 0 Å². The molecule has 2 bridgehead atoms. The second kappa shape index (κ2) is 2.55. The molecule has 1 N–H and O–H groups in total. The molecule has 0 aromatic carbocycles. The Morgan fingerprint density at radius 2 is 1.93 bits per heavy atom. The van der Waals surface area contributed by atoms with Gasteiger partial charge in [-0.3, -0.25) is 0 Å². The number of rotatable bonds is 1. The Morgan fingerprint density at radius 3 is 2.36 bits per heavy atom. The summed E-state index contributed by atoms with van der Waals surface area (Å²) in [6.07, 6.45) is 8.07. The normalized spacial score (nSPS) is 55.7. The number of fused-ring (bicyclic) bond motifs is 3.